The summed E-state index contributed by atoms with van der Waals surface area (Å²) < 4.78 is 1.58. The summed E-state index contributed by atoms with van der Waals surface area (Å²) in [5.41, 5.74) is 0. The zero-order valence-electron chi connectivity index (χ0n) is 15.8. The predicted octanol–water partition coefficient (Wildman–Crippen LogP) is 3.46. The zero-order chi connectivity index (χ0) is 18.2. The van der Waals surface area contributed by atoms with Crippen LogP contribution in [0.3, 0.4) is 0 Å². The van der Waals surface area contributed by atoms with Crippen molar-refractivity contribution in [3.63, 3.8) is 0 Å². The van der Waals surface area contributed by atoms with E-state index in [9.17, 15) is 4.79 Å². The molecule has 0 radical (unpaired) electrons. The molecule has 0 unspecified atom stereocenters. The van der Waals surface area contributed by atoms with E-state index < -0.39 is 0 Å². The SMILES string of the molecule is CC(C)CCC[C@H](C)NC(=O)CSc1nnc(C2CCCCC2)n1N. The number of carbonyl (C=O) groups is 1. The average Bonchev–Trinajstić information content (AvgIpc) is 2.94. The molecule has 25 heavy (non-hydrogen) atoms. The van der Waals surface area contributed by atoms with Gasteiger partial charge >= 0.3 is 0 Å². The van der Waals surface area contributed by atoms with Crippen LogP contribution < -0.4 is 11.2 Å². The van der Waals surface area contributed by atoms with Crippen molar-refractivity contribution in [1.82, 2.24) is 20.2 Å². The molecule has 6 nitrogen and oxygen atoms in total. The highest BCUT2D eigenvalue weighted by atomic mass is 32.2. The van der Waals surface area contributed by atoms with Gasteiger partial charge in [0.1, 0.15) is 0 Å². The molecule has 2 rings (SSSR count). The standard InChI is InChI=1S/C18H33N5OS/c1-13(2)8-7-9-14(3)20-16(24)12-25-18-22-21-17(23(18)19)15-10-5-4-6-11-15/h13-15H,4-12,19H2,1-3H3,(H,20,24)/t14-/m0/s1. The van der Waals surface area contributed by atoms with Crippen LogP contribution in [0, 0.1) is 5.92 Å². The number of nitrogens with zero attached hydrogens (tertiary/aromatic N) is 3. The number of thioether (sulfide) groups is 1. The molecular weight excluding hydrogens is 334 g/mol. The number of nitrogen functional groups attached to an aromatic ring is 1. The number of amides is 1. The van der Waals surface area contributed by atoms with Gasteiger partial charge in [0.05, 0.1) is 5.75 Å². The summed E-state index contributed by atoms with van der Waals surface area (Å²) in [6, 6.07) is 0.209. The van der Waals surface area contributed by atoms with Crippen LogP contribution in [0.1, 0.15) is 83.9 Å². The molecule has 1 atom stereocenters. The van der Waals surface area contributed by atoms with Gasteiger partial charge in [0.15, 0.2) is 5.82 Å². The quantitative estimate of drug-likeness (QED) is 0.515. The molecule has 1 saturated carbocycles. The Kier molecular flexibility index (Phi) is 8.06. The Morgan fingerprint density at radius 3 is 2.64 bits per heavy atom. The monoisotopic (exact) mass is 367 g/mol. The zero-order valence-corrected chi connectivity index (χ0v) is 16.6. The first-order valence-corrected chi connectivity index (χ1v) is 10.6. The molecule has 1 amide bonds. The second kappa shape index (κ2) is 10.0. The van der Waals surface area contributed by atoms with Crippen molar-refractivity contribution < 1.29 is 4.79 Å². The van der Waals surface area contributed by atoms with Crippen molar-refractivity contribution >= 4 is 17.7 Å². The van der Waals surface area contributed by atoms with Gasteiger partial charge in [-0.05, 0) is 32.1 Å². The smallest absolute Gasteiger partial charge is 0.230 e. The van der Waals surface area contributed by atoms with E-state index in [-0.39, 0.29) is 11.9 Å². The van der Waals surface area contributed by atoms with Gasteiger partial charge in [-0.2, -0.15) is 0 Å². The van der Waals surface area contributed by atoms with E-state index in [2.05, 4.69) is 36.3 Å². The normalized spacial score (nSPS) is 17.0. The Hall–Kier alpha value is -1.24. The Morgan fingerprint density at radius 2 is 1.96 bits per heavy atom. The van der Waals surface area contributed by atoms with Gasteiger partial charge in [0, 0.05) is 12.0 Å². The maximum Gasteiger partial charge on any atom is 0.230 e. The van der Waals surface area contributed by atoms with Crippen molar-refractivity contribution in [2.45, 2.75) is 89.3 Å². The van der Waals surface area contributed by atoms with Crippen LogP contribution in [0.4, 0.5) is 0 Å². The molecule has 1 aliphatic carbocycles. The molecule has 0 spiro atoms. The van der Waals surface area contributed by atoms with Crippen molar-refractivity contribution in [2.24, 2.45) is 5.92 Å². The minimum Gasteiger partial charge on any atom is -0.353 e. The summed E-state index contributed by atoms with van der Waals surface area (Å²) in [4.78, 5) is 12.1. The third-order valence-electron chi connectivity index (χ3n) is 4.82. The maximum absolute atomic E-state index is 12.1. The highest BCUT2D eigenvalue weighted by Gasteiger charge is 2.22. The second-order valence-electron chi connectivity index (χ2n) is 7.63. The van der Waals surface area contributed by atoms with Gasteiger partial charge in [-0.3, -0.25) is 4.79 Å². The van der Waals surface area contributed by atoms with Crippen LogP contribution in [0.15, 0.2) is 5.16 Å². The summed E-state index contributed by atoms with van der Waals surface area (Å²) in [5, 5.41) is 12.1. The molecular formula is C18H33N5OS. The fraction of sp³-hybridized carbons (Fsp3) is 0.833. The Balaban J connectivity index is 1.75. The predicted molar refractivity (Wildman–Crippen MR) is 103 cm³/mol. The highest BCUT2D eigenvalue weighted by Crippen LogP contribution is 2.32. The van der Waals surface area contributed by atoms with Gasteiger partial charge in [0.2, 0.25) is 11.1 Å². The number of aromatic nitrogens is 3. The molecule has 142 valence electrons. The van der Waals surface area contributed by atoms with Gasteiger partial charge in [-0.1, -0.05) is 57.7 Å². The third kappa shape index (κ3) is 6.53. The van der Waals surface area contributed by atoms with Crippen LogP contribution in [-0.4, -0.2) is 32.6 Å². The number of rotatable bonds is 9. The molecule has 1 aromatic rings. The lowest BCUT2D eigenvalue weighted by Gasteiger charge is -2.20. The van der Waals surface area contributed by atoms with E-state index in [1.54, 1.807) is 4.68 Å². The fourth-order valence-corrected chi connectivity index (χ4v) is 4.05. The molecule has 1 fully saturated rings. The summed E-state index contributed by atoms with van der Waals surface area (Å²) in [7, 11) is 0. The topological polar surface area (TPSA) is 85.8 Å². The molecule has 1 heterocycles. The van der Waals surface area contributed by atoms with E-state index >= 15 is 0 Å². The van der Waals surface area contributed by atoms with Crippen LogP contribution >= 0.6 is 11.8 Å². The Bertz CT molecular complexity index is 540. The van der Waals surface area contributed by atoms with Crippen molar-refractivity contribution in [2.75, 3.05) is 11.6 Å². The van der Waals surface area contributed by atoms with E-state index in [0.717, 1.165) is 31.5 Å². The summed E-state index contributed by atoms with van der Waals surface area (Å²) >= 11 is 1.36. The molecule has 0 bridgehead atoms. The number of nitrogens with one attached hydrogen (secondary N) is 1. The van der Waals surface area contributed by atoms with Crippen molar-refractivity contribution in [3.8, 4) is 0 Å². The Morgan fingerprint density at radius 1 is 1.24 bits per heavy atom. The summed E-state index contributed by atoms with van der Waals surface area (Å²) in [6.07, 6.45) is 9.40. The number of nitrogens with two attached hydrogens (primary N) is 1. The van der Waals surface area contributed by atoms with Gasteiger partial charge in [-0.15, -0.1) is 10.2 Å². The molecule has 0 aromatic carbocycles. The van der Waals surface area contributed by atoms with Gasteiger partial charge < -0.3 is 11.2 Å². The molecule has 0 aliphatic heterocycles. The number of hydrogen-bond acceptors (Lipinski definition) is 5. The first kappa shape index (κ1) is 20.1. The maximum atomic E-state index is 12.1. The minimum atomic E-state index is 0.0317. The lowest BCUT2D eigenvalue weighted by atomic mass is 9.89. The van der Waals surface area contributed by atoms with E-state index in [0.29, 0.717) is 22.7 Å². The van der Waals surface area contributed by atoms with Crippen molar-refractivity contribution in [3.05, 3.63) is 5.82 Å². The van der Waals surface area contributed by atoms with Crippen LogP contribution in [0.5, 0.6) is 0 Å². The minimum absolute atomic E-state index is 0.0317. The van der Waals surface area contributed by atoms with Crippen LogP contribution in [-0.2, 0) is 4.79 Å². The molecule has 0 saturated heterocycles. The summed E-state index contributed by atoms with van der Waals surface area (Å²) in [5.74, 6) is 8.51. The fourth-order valence-electron chi connectivity index (χ4n) is 3.38. The van der Waals surface area contributed by atoms with Crippen molar-refractivity contribution in [1.29, 1.82) is 0 Å². The van der Waals surface area contributed by atoms with E-state index in [1.807, 2.05) is 0 Å². The van der Waals surface area contributed by atoms with Crippen LogP contribution in [0.25, 0.3) is 0 Å². The second-order valence-corrected chi connectivity index (χ2v) is 8.57. The highest BCUT2D eigenvalue weighted by molar-refractivity contribution is 7.99. The van der Waals surface area contributed by atoms with Crippen LogP contribution in [0.2, 0.25) is 0 Å². The molecule has 1 aromatic heterocycles. The average molecular weight is 368 g/mol. The largest absolute Gasteiger partial charge is 0.353 e. The lowest BCUT2D eigenvalue weighted by molar-refractivity contribution is -0.119. The first-order valence-electron chi connectivity index (χ1n) is 9.60. The third-order valence-corrected chi connectivity index (χ3v) is 5.76. The van der Waals surface area contributed by atoms with E-state index in [4.69, 9.17) is 5.84 Å². The Labute approximate surface area is 155 Å². The first-order chi connectivity index (χ1) is 12.0. The lowest BCUT2D eigenvalue weighted by Crippen LogP contribution is -2.34. The van der Waals surface area contributed by atoms with E-state index in [1.165, 1.54) is 37.4 Å². The summed E-state index contributed by atoms with van der Waals surface area (Å²) in [6.45, 7) is 6.52. The number of hydrogen-bond donors (Lipinski definition) is 2. The van der Waals surface area contributed by atoms with Gasteiger partial charge in [0.25, 0.3) is 0 Å². The molecule has 7 heteroatoms. The molecule has 3 N–H and O–H groups in total. The number of carbonyl (C=O) groups excluding carboxylic acids is 1. The van der Waals surface area contributed by atoms with Gasteiger partial charge in [-0.25, -0.2) is 4.68 Å². The molecule has 1 aliphatic rings.